The number of nitrogens with one attached hydrogen (secondary N) is 2. The molecule has 2 amide bonds. The molecule has 1 aromatic heterocycles. The molecule has 0 spiro atoms. The number of carbonyl (C=O) groups excluding carboxylic acids is 2. The third-order valence-electron chi connectivity index (χ3n) is 4.94. The van der Waals surface area contributed by atoms with Gasteiger partial charge in [-0.2, -0.15) is 0 Å². The first kappa shape index (κ1) is 17.9. The Bertz CT molecular complexity index is 587. The fourth-order valence-corrected chi connectivity index (χ4v) is 3.41. The van der Waals surface area contributed by atoms with Gasteiger partial charge in [-0.3, -0.25) is 14.5 Å². The number of amides is 2. The van der Waals surface area contributed by atoms with Crippen LogP contribution in [0.15, 0.2) is 16.7 Å². The number of carbonyl (C=O) groups is 2. The molecular weight excluding hydrogens is 322 g/mol. The van der Waals surface area contributed by atoms with Gasteiger partial charge in [0, 0.05) is 32.3 Å². The second kappa shape index (κ2) is 8.49. The van der Waals surface area contributed by atoms with Crippen LogP contribution in [0.3, 0.4) is 0 Å². The Labute approximate surface area is 148 Å². The predicted molar refractivity (Wildman–Crippen MR) is 92.4 cm³/mol. The largest absolute Gasteiger partial charge is 0.469 e. The van der Waals surface area contributed by atoms with E-state index in [9.17, 15) is 9.59 Å². The van der Waals surface area contributed by atoms with Gasteiger partial charge in [0.05, 0.1) is 24.5 Å². The standard InChI is InChI=1S/C18H27N3O4/c1-13-16(6-10-24-13)18(23)20-14-4-7-21(8-5-14)12-17(22)19-11-15-3-2-9-25-15/h6,10,14-15H,2-5,7-9,11-12H2,1H3,(H,19,22)(H,20,23). The van der Waals surface area contributed by atoms with Gasteiger partial charge in [0.15, 0.2) is 0 Å². The first-order valence-corrected chi connectivity index (χ1v) is 9.07. The maximum Gasteiger partial charge on any atom is 0.255 e. The van der Waals surface area contributed by atoms with Crippen molar-refractivity contribution >= 4 is 11.8 Å². The topological polar surface area (TPSA) is 83.8 Å². The number of furan rings is 1. The molecule has 7 heteroatoms. The van der Waals surface area contributed by atoms with E-state index in [2.05, 4.69) is 15.5 Å². The number of aryl methyl sites for hydroxylation is 1. The van der Waals surface area contributed by atoms with Crippen molar-refractivity contribution in [3.63, 3.8) is 0 Å². The van der Waals surface area contributed by atoms with Gasteiger partial charge in [-0.05, 0) is 38.7 Å². The summed E-state index contributed by atoms with van der Waals surface area (Å²) in [4.78, 5) is 26.4. The lowest BCUT2D eigenvalue weighted by molar-refractivity contribution is -0.123. The molecule has 0 aromatic carbocycles. The highest BCUT2D eigenvalue weighted by Gasteiger charge is 2.24. The number of nitrogens with zero attached hydrogens (tertiary/aromatic N) is 1. The third kappa shape index (κ3) is 5.06. The van der Waals surface area contributed by atoms with Gasteiger partial charge in [0.25, 0.3) is 5.91 Å². The molecule has 2 fully saturated rings. The third-order valence-corrected chi connectivity index (χ3v) is 4.94. The van der Waals surface area contributed by atoms with Gasteiger partial charge in [-0.1, -0.05) is 0 Å². The van der Waals surface area contributed by atoms with Crippen LogP contribution in [0, 0.1) is 6.92 Å². The molecule has 1 unspecified atom stereocenters. The molecule has 0 radical (unpaired) electrons. The van der Waals surface area contributed by atoms with E-state index in [0.717, 1.165) is 45.4 Å². The lowest BCUT2D eigenvalue weighted by Crippen LogP contribution is -2.48. The fraction of sp³-hybridized carbons (Fsp3) is 0.667. The Morgan fingerprint density at radius 3 is 2.72 bits per heavy atom. The van der Waals surface area contributed by atoms with Crippen LogP contribution < -0.4 is 10.6 Å². The summed E-state index contributed by atoms with van der Waals surface area (Å²) in [5.74, 6) is 0.601. The summed E-state index contributed by atoms with van der Waals surface area (Å²) in [5, 5.41) is 6.01. The molecule has 3 rings (SSSR count). The Kier molecular flexibility index (Phi) is 6.09. The van der Waals surface area contributed by atoms with Crippen LogP contribution >= 0.6 is 0 Å². The summed E-state index contributed by atoms with van der Waals surface area (Å²) in [7, 11) is 0. The van der Waals surface area contributed by atoms with Crippen LogP contribution in [0.4, 0.5) is 0 Å². The Balaban J connectivity index is 1.34. The average molecular weight is 349 g/mol. The van der Waals surface area contributed by atoms with Crippen molar-refractivity contribution in [2.24, 2.45) is 0 Å². The maximum absolute atomic E-state index is 12.2. The Hall–Kier alpha value is -1.86. The van der Waals surface area contributed by atoms with E-state index >= 15 is 0 Å². The zero-order valence-electron chi connectivity index (χ0n) is 14.8. The van der Waals surface area contributed by atoms with Crippen LogP contribution in [-0.4, -0.2) is 61.6 Å². The zero-order chi connectivity index (χ0) is 17.6. The Morgan fingerprint density at radius 2 is 2.08 bits per heavy atom. The van der Waals surface area contributed by atoms with Crippen molar-refractivity contribution in [1.29, 1.82) is 0 Å². The lowest BCUT2D eigenvalue weighted by Gasteiger charge is -2.31. The van der Waals surface area contributed by atoms with Gasteiger partial charge in [-0.15, -0.1) is 0 Å². The minimum Gasteiger partial charge on any atom is -0.469 e. The number of piperidine rings is 1. The highest BCUT2D eigenvalue weighted by molar-refractivity contribution is 5.95. The first-order valence-electron chi connectivity index (χ1n) is 9.07. The number of hydrogen-bond acceptors (Lipinski definition) is 5. The summed E-state index contributed by atoms with van der Waals surface area (Å²) in [5.41, 5.74) is 0.593. The molecule has 138 valence electrons. The van der Waals surface area contributed by atoms with E-state index in [1.807, 2.05) is 0 Å². The SMILES string of the molecule is Cc1occc1C(=O)NC1CCN(CC(=O)NCC2CCCO2)CC1. The molecule has 1 atom stereocenters. The van der Waals surface area contributed by atoms with E-state index in [0.29, 0.717) is 24.4 Å². The lowest BCUT2D eigenvalue weighted by atomic mass is 10.0. The van der Waals surface area contributed by atoms with Gasteiger partial charge < -0.3 is 19.8 Å². The van der Waals surface area contributed by atoms with Crippen LogP contribution in [0.5, 0.6) is 0 Å². The molecule has 2 saturated heterocycles. The van der Waals surface area contributed by atoms with Crippen LogP contribution in [0.1, 0.15) is 41.8 Å². The van der Waals surface area contributed by atoms with E-state index in [1.54, 1.807) is 13.0 Å². The molecule has 25 heavy (non-hydrogen) atoms. The second-order valence-electron chi connectivity index (χ2n) is 6.85. The van der Waals surface area contributed by atoms with Crippen molar-refractivity contribution in [3.05, 3.63) is 23.7 Å². The van der Waals surface area contributed by atoms with Crippen molar-refractivity contribution in [3.8, 4) is 0 Å². The van der Waals surface area contributed by atoms with Crippen molar-refractivity contribution < 1.29 is 18.7 Å². The van der Waals surface area contributed by atoms with Crippen molar-refractivity contribution in [2.45, 2.75) is 44.8 Å². The highest BCUT2D eigenvalue weighted by atomic mass is 16.5. The summed E-state index contributed by atoms with van der Waals surface area (Å²) < 4.78 is 10.7. The smallest absolute Gasteiger partial charge is 0.255 e. The van der Waals surface area contributed by atoms with Crippen LogP contribution in [0.2, 0.25) is 0 Å². The average Bonchev–Trinajstić information content (AvgIpc) is 3.26. The van der Waals surface area contributed by atoms with E-state index < -0.39 is 0 Å². The van der Waals surface area contributed by atoms with E-state index in [4.69, 9.17) is 9.15 Å². The van der Waals surface area contributed by atoms with Gasteiger partial charge >= 0.3 is 0 Å². The summed E-state index contributed by atoms with van der Waals surface area (Å²) in [6.45, 7) is 5.22. The minimum atomic E-state index is -0.0843. The van der Waals surface area contributed by atoms with E-state index in [1.165, 1.54) is 6.26 Å². The molecular formula is C18H27N3O4. The number of rotatable bonds is 6. The molecule has 2 N–H and O–H groups in total. The molecule has 2 aliphatic rings. The minimum absolute atomic E-state index is 0.0482. The van der Waals surface area contributed by atoms with Gasteiger partial charge in [0.2, 0.25) is 5.91 Å². The molecule has 1 aromatic rings. The van der Waals surface area contributed by atoms with Crippen molar-refractivity contribution in [2.75, 3.05) is 32.8 Å². The molecule has 0 aliphatic carbocycles. The molecule has 3 heterocycles. The molecule has 7 nitrogen and oxygen atoms in total. The summed E-state index contributed by atoms with van der Waals surface area (Å²) in [6, 6.07) is 1.84. The van der Waals surface area contributed by atoms with Crippen LogP contribution in [-0.2, 0) is 9.53 Å². The fourth-order valence-electron chi connectivity index (χ4n) is 3.41. The molecule has 0 saturated carbocycles. The van der Waals surface area contributed by atoms with Crippen LogP contribution in [0.25, 0.3) is 0 Å². The molecule has 2 aliphatic heterocycles. The van der Waals surface area contributed by atoms with Crippen molar-refractivity contribution in [1.82, 2.24) is 15.5 Å². The Morgan fingerprint density at radius 1 is 1.28 bits per heavy atom. The maximum atomic E-state index is 12.2. The van der Waals surface area contributed by atoms with Gasteiger partial charge in [0.1, 0.15) is 5.76 Å². The zero-order valence-corrected chi connectivity index (χ0v) is 14.8. The quantitative estimate of drug-likeness (QED) is 0.803. The normalized spacial score (nSPS) is 22.0. The number of likely N-dealkylation sites (tertiary alicyclic amines) is 1. The highest BCUT2D eigenvalue weighted by Crippen LogP contribution is 2.14. The summed E-state index contributed by atoms with van der Waals surface area (Å²) >= 11 is 0. The predicted octanol–water partition coefficient (Wildman–Crippen LogP) is 1.08. The van der Waals surface area contributed by atoms with E-state index in [-0.39, 0.29) is 24.0 Å². The number of hydrogen-bond donors (Lipinski definition) is 2. The first-order chi connectivity index (χ1) is 12.1. The second-order valence-corrected chi connectivity index (χ2v) is 6.85. The monoisotopic (exact) mass is 349 g/mol. The summed E-state index contributed by atoms with van der Waals surface area (Å²) in [6.07, 6.45) is 5.52. The van der Waals surface area contributed by atoms with Gasteiger partial charge in [-0.25, -0.2) is 0 Å². The molecule has 0 bridgehead atoms. The number of ether oxygens (including phenoxy) is 1.